The summed E-state index contributed by atoms with van der Waals surface area (Å²) in [5, 5.41) is 2.64. The van der Waals surface area contributed by atoms with E-state index in [0.29, 0.717) is 18.1 Å². The van der Waals surface area contributed by atoms with Gasteiger partial charge >= 0.3 is 5.97 Å². The van der Waals surface area contributed by atoms with Crippen LogP contribution in [0.3, 0.4) is 0 Å². The lowest BCUT2D eigenvalue weighted by molar-refractivity contribution is -0.124. The number of hydrogen-bond acceptors (Lipinski definition) is 5. The monoisotopic (exact) mass is 349 g/mol. The Morgan fingerprint density at radius 3 is 2.64 bits per heavy atom. The molecule has 0 aliphatic carbocycles. The summed E-state index contributed by atoms with van der Waals surface area (Å²) in [5.74, 6) is -0.561. The molecule has 1 aromatic carbocycles. The van der Waals surface area contributed by atoms with E-state index in [9.17, 15) is 14.0 Å². The molecule has 0 aliphatic rings. The molecule has 1 aromatic heterocycles. The molecule has 6 nitrogen and oxygen atoms in total. The van der Waals surface area contributed by atoms with Crippen LogP contribution < -0.4 is 10.1 Å². The molecule has 0 unspecified atom stereocenters. The van der Waals surface area contributed by atoms with E-state index in [0.717, 1.165) is 12.8 Å². The number of carbonyl (C=O) groups excluding carboxylic acids is 2. The fourth-order valence-corrected chi connectivity index (χ4v) is 1.91. The van der Waals surface area contributed by atoms with E-state index in [2.05, 4.69) is 5.32 Å². The van der Waals surface area contributed by atoms with Crippen molar-refractivity contribution < 1.29 is 27.9 Å². The van der Waals surface area contributed by atoms with Gasteiger partial charge < -0.3 is 19.2 Å². The highest BCUT2D eigenvalue weighted by atomic mass is 19.1. The molecule has 1 heterocycles. The zero-order chi connectivity index (χ0) is 18.1. The second-order valence-corrected chi connectivity index (χ2v) is 5.29. The molecule has 7 heteroatoms. The van der Waals surface area contributed by atoms with Crippen LogP contribution >= 0.6 is 0 Å². The number of unbranched alkanes of at least 4 members (excludes halogenated alkanes) is 1. The van der Waals surface area contributed by atoms with E-state index >= 15 is 0 Å². The smallest absolute Gasteiger partial charge is 0.374 e. The van der Waals surface area contributed by atoms with Crippen LogP contribution in [0.15, 0.2) is 40.8 Å². The molecule has 25 heavy (non-hydrogen) atoms. The number of benzene rings is 1. The second kappa shape index (κ2) is 9.46. The van der Waals surface area contributed by atoms with Crippen molar-refractivity contribution in [3.63, 3.8) is 0 Å². The zero-order valence-corrected chi connectivity index (χ0v) is 13.9. The summed E-state index contributed by atoms with van der Waals surface area (Å²) in [6.07, 6.45) is 1.84. The number of ether oxygens (including phenoxy) is 2. The van der Waals surface area contributed by atoms with Crippen molar-refractivity contribution in [2.45, 2.75) is 26.4 Å². The minimum absolute atomic E-state index is 0.0148. The largest absolute Gasteiger partial charge is 0.486 e. The summed E-state index contributed by atoms with van der Waals surface area (Å²) < 4.78 is 28.4. The van der Waals surface area contributed by atoms with Crippen molar-refractivity contribution in [3.8, 4) is 5.75 Å². The third-order valence-corrected chi connectivity index (χ3v) is 3.24. The first-order valence-corrected chi connectivity index (χ1v) is 7.99. The molecule has 1 amide bonds. The summed E-state index contributed by atoms with van der Waals surface area (Å²) in [6.45, 7) is 2.29. The van der Waals surface area contributed by atoms with E-state index < -0.39 is 5.97 Å². The van der Waals surface area contributed by atoms with Gasteiger partial charge in [-0.15, -0.1) is 0 Å². The van der Waals surface area contributed by atoms with Crippen molar-refractivity contribution in [3.05, 3.63) is 53.7 Å². The number of amides is 1. The first kappa shape index (κ1) is 18.5. The summed E-state index contributed by atoms with van der Waals surface area (Å²) in [7, 11) is 0. The predicted octanol–water partition coefficient (Wildman–Crippen LogP) is 3.07. The Bertz CT molecular complexity index is 696. The maximum absolute atomic E-state index is 12.8. The number of esters is 1. The Morgan fingerprint density at radius 2 is 1.92 bits per heavy atom. The molecule has 0 atom stereocenters. The average Bonchev–Trinajstić information content (AvgIpc) is 3.08. The minimum Gasteiger partial charge on any atom is -0.486 e. The Labute approximate surface area is 144 Å². The number of halogens is 1. The van der Waals surface area contributed by atoms with E-state index in [1.54, 1.807) is 6.07 Å². The van der Waals surface area contributed by atoms with Crippen LogP contribution in [0.5, 0.6) is 5.75 Å². The summed E-state index contributed by atoms with van der Waals surface area (Å²) in [5.41, 5.74) is 0. The Hall–Kier alpha value is -2.83. The molecule has 0 spiro atoms. The lowest BCUT2D eigenvalue weighted by Gasteiger charge is -2.05. The third-order valence-electron chi connectivity index (χ3n) is 3.24. The van der Waals surface area contributed by atoms with Crippen molar-refractivity contribution >= 4 is 11.9 Å². The van der Waals surface area contributed by atoms with Gasteiger partial charge in [-0.25, -0.2) is 9.18 Å². The van der Waals surface area contributed by atoms with Crippen molar-refractivity contribution in [1.82, 2.24) is 5.32 Å². The molecule has 2 rings (SSSR count). The molecule has 0 radical (unpaired) electrons. The van der Waals surface area contributed by atoms with Gasteiger partial charge in [0.05, 0.1) is 0 Å². The van der Waals surface area contributed by atoms with Gasteiger partial charge in [-0.2, -0.15) is 0 Å². The van der Waals surface area contributed by atoms with Crippen molar-refractivity contribution in [1.29, 1.82) is 0 Å². The van der Waals surface area contributed by atoms with Crippen LogP contribution in [0, 0.1) is 5.82 Å². The Morgan fingerprint density at radius 1 is 1.16 bits per heavy atom. The number of hydrogen-bond donors (Lipinski definition) is 1. The van der Waals surface area contributed by atoms with Gasteiger partial charge in [-0.3, -0.25) is 4.79 Å². The first-order valence-electron chi connectivity index (χ1n) is 7.99. The molecule has 0 fully saturated rings. The van der Waals surface area contributed by atoms with Gasteiger partial charge in [-0.05, 0) is 42.8 Å². The molecule has 1 N–H and O–H groups in total. The summed E-state index contributed by atoms with van der Waals surface area (Å²) in [4.78, 5) is 23.3. The van der Waals surface area contributed by atoms with Gasteiger partial charge in [0.2, 0.25) is 5.76 Å². The molecule has 0 saturated carbocycles. The lowest BCUT2D eigenvalue weighted by atomic mass is 10.3. The highest BCUT2D eigenvalue weighted by Crippen LogP contribution is 2.15. The number of nitrogens with one attached hydrogen (secondary N) is 1. The Kier molecular flexibility index (Phi) is 7.00. The topological polar surface area (TPSA) is 77.8 Å². The van der Waals surface area contributed by atoms with Gasteiger partial charge in [-0.1, -0.05) is 13.3 Å². The van der Waals surface area contributed by atoms with Gasteiger partial charge in [0, 0.05) is 6.54 Å². The molecule has 0 saturated heterocycles. The van der Waals surface area contributed by atoms with Gasteiger partial charge in [0.25, 0.3) is 5.91 Å². The minimum atomic E-state index is -0.723. The predicted molar refractivity (Wildman–Crippen MR) is 87.6 cm³/mol. The van der Waals surface area contributed by atoms with Crippen molar-refractivity contribution in [2.75, 3.05) is 13.2 Å². The van der Waals surface area contributed by atoms with Crippen LogP contribution in [0.25, 0.3) is 0 Å². The number of furan rings is 1. The maximum Gasteiger partial charge on any atom is 0.374 e. The highest BCUT2D eigenvalue weighted by Gasteiger charge is 2.14. The standard InChI is InChI=1S/C18H20FNO5/c1-2-3-10-20-17(21)12-24-18(22)16-9-8-15(25-16)11-23-14-6-4-13(19)5-7-14/h4-9H,2-3,10-12H2,1H3,(H,20,21). The van der Waals surface area contributed by atoms with Crippen LogP contribution in [0.4, 0.5) is 4.39 Å². The fourth-order valence-electron chi connectivity index (χ4n) is 1.91. The summed E-state index contributed by atoms with van der Waals surface area (Å²) in [6, 6.07) is 8.56. The SMILES string of the molecule is CCCCNC(=O)COC(=O)c1ccc(COc2ccc(F)cc2)o1. The second-order valence-electron chi connectivity index (χ2n) is 5.29. The number of rotatable bonds is 9. The van der Waals surface area contributed by atoms with Gasteiger partial charge in [0.15, 0.2) is 6.61 Å². The molecule has 2 aromatic rings. The zero-order valence-electron chi connectivity index (χ0n) is 13.9. The lowest BCUT2D eigenvalue weighted by Crippen LogP contribution is -2.29. The molecule has 0 aliphatic heterocycles. The quantitative estimate of drug-likeness (QED) is 0.556. The van der Waals surface area contributed by atoms with Crippen LogP contribution in [0.1, 0.15) is 36.1 Å². The van der Waals surface area contributed by atoms with Crippen LogP contribution in [-0.2, 0) is 16.1 Å². The highest BCUT2D eigenvalue weighted by molar-refractivity contribution is 5.88. The molecule has 0 bridgehead atoms. The Balaban J connectivity index is 1.76. The fraction of sp³-hybridized carbons (Fsp3) is 0.333. The van der Waals surface area contributed by atoms with E-state index in [1.165, 1.54) is 30.3 Å². The molecule has 134 valence electrons. The van der Waals surface area contributed by atoms with Crippen LogP contribution in [-0.4, -0.2) is 25.0 Å². The third kappa shape index (κ3) is 6.29. The molecular weight excluding hydrogens is 329 g/mol. The summed E-state index contributed by atoms with van der Waals surface area (Å²) >= 11 is 0. The van der Waals surface area contributed by atoms with Crippen molar-refractivity contribution in [2.24, 2.45) is 0 Å². The first-order chi connectivity index (χ1) is 12.1. The average molecular weight is 349 g/mol. The van der Waals surface area contributed by atoms with E-state index in [1.807, 2.05) is 6.92 Å². The van der Waals surface area contributed by atoms with E-state index in [-0.39, 0.29) is 30.7 Å². The number of carbonyl (C=O) groups is 2. The van der Waals surface area contributed by atoms with Gasteiger partial charge in [0.1, 0.15) is 23.9 Å². The maximum atomic E-state index is 12.8. The van der Waals surface area contributed by atoms with E-state index in [4.69, 9.17) is 13.9 Å². The van der Waals surface area contributed by atoms with Crippen LogP contribution in [0.2, 0.25) is 0 Å². The molecular formula is C18H20FNO5. The normalized spacial score (nSPS) is 10.3.